The zero-order chi connectivity index (χ0) is 16.8. The molecule has 0 radical (unpaired) electrons. The molecule has 116 valence electrons. The van der Waals surface area contributed by atoms with E-state index in [0.717, 1.165) is 39.2 Å². The lowest BCUT2D eigenvalue weighted by Crippen LogP contribution is -2.01. The number of benzene rings is 2. The minimum atomic E-state index is 0.581. The van der Waals surface area contributed by atoms with Crippen LogP contribution in [0.5, 0.6) is 0 Å². The first-order chi connectivity index (χ1) is 12.3. The fourth-order valence-electron chi connectivity index (χ4n) is 3.19. The fourth-order valence-corrected chi connectivity index (χ4v) is 3.19. The van der Waals surface area contributed by atoms with Gasteiger partial charge in [-0.2, -0.15) is 10.3 Å². The van der Waals surface area contributed by atoms with Crippen molar-refractivity contribution in [3.05, 3.63) is 72.1 Å². The molecule has 2 heterocycles. The molecule has 0 spiro atoms. The summed E-state index contributed by atoms with van der Waals surface area (Å²) in [7, 11) is 0. The Labute approximate surface area is 142 Å². The molecule has 0 bridgehead atoms. The predicted molar refractivity (Wildman–Crippen MR) is 93.9 cm³/mol. The van der Waals surface area contributed by atoms with E-state index in [9.17, 15) is 0 Å². The smallest absolute Gasteiger partial charge is 0.206 e. The van der Waals surface area contributed by atoms with Crippen LogP contribution < -0.4 is 0 Å². The van der Waals surface area contributed by atoms with Gasteiger partial charge in [0.1, 0.15) is 17.2 Å². The average molecular weight is 322 g/mol. The minimum absolute atomic E-state index is 0.581. The van der Waals surface area contributed by atoms with E-state index in [1.165, 1.54) is 0 Å². The van der Waals surface area contributed by atoms with Gasteiger partial charge in [0.2, 0.25) is 6.19 Å². The van der Waals surface area contributed by atoms with Crippen molar-refractivity contribution in [1.29, 1.82) is 5.26 Å². The fraction of sp³-hybridized carbons (Fsp3) is 0. The van der Waals surface area contributed by atoms with Gasteiger partial charge in [0, 0.05) is 16.7 Å². The van der Waals surface area contributed by atoms with Gasteiger partial charge in [0.15, 0.2) is 0 Å². The Hall–Kier alpha value is -3.78. The zero-order valence-electron chi connectivity index (χ0n) is 13.0. The summed E-state index contributed by atoms with van der Waals surface area (Å²) < 4.78 is 5.46. The van der Waals surface area contributed by atoms with E-state index in [4.69, 9.17) is 19.6 Å². The number of fused-ring (bicyclic) bond motifs is 4. The first kappa shape index (κ1) is 13.6. The average Bonchev–Trinajstić information content (AvgIpc) is 3.28. The molecule has 1 aliphatic carbocycles. The summed E-state index contributed by atoms with van der Waals surface area (Å²) in [5, 5.41) is 9.04. The molecule has 5 rings (SSSR count). The van der Waals surface area contributed by atoms with Crippen molar-refractivity contribution in [3.8, 4) is 28.8 Å². The van der Waals surface area contributed by atoms with Crippen LogP contribution in [0.4, 0.5) is 0 Å². The number of hydrogen-bond acceptors (Lipinski definition) is 5. The Kier molecular flexibility index (Phi) is 2.79. The lowest BCUT2D eigenvalue weighted by molar-refractivity contribution is 0.582. The molecule has 0 saturated carbocycles. The predicted octanol–water partition coefficient (Wildman–Crippen LogP) is 4.19. The van der Waals surface area contributed by atoms with Crippen LogP contribution in [0, 0.1) is 11.5 Å². The number of nitrogens with zero attached hydrogens (tertiary/aromatic N) is 4. The van der Waals surface area contributed by atoms with Crippen LogP contribution in [0.2, 0.25) is 0 Å². The summed E-state index contributed by atoms with van der Waals surface area (Å²) in [4.78, 5) is 13.5. The third-order valence-corrected chi connectivity index (χ3v) is 4.29. The van der Waals surface area contributed by atoms with Crippen molar-refractivity contribution in [2.75, 3.05) is 0 Å². The number of hydrogen-bond donors (Lipinski definition) is 0. The van der Waals surface area contributed by atoms with E-state index < -0.39 is 0 Å². The van der Waals surface area contributed by atoms with Crippen LogP contribution >= 0.6 is 0 Å². The van der Waals surface area contributed by atoms with E-state index in [0.29, 0.717) is 11.4 Å². The van der Waals surface area contributed by atoms with Crippen molar-refractivity contribution in [2.24, 2.45) is 4.99 Å². The van der Waals surface area contributed by atoms with E-state index in [-0.39, 0.29) is 0 Å². The molecule has 0 amide bonds. The van der Waals surface area contributed by atoms with Crippen LogP contribution in [-0.4, -0.2) is 15.7 Å². The molecule has 0 unspecified atom stereocenters. The van der Waals surface area contributed by atoms with Gasteiger partial charge in [-0.1, -0.05) is 24.3 Å². The van der Waals surface area contributed by atoms with Crippen LogP contribution in [0.3, 0.4) is 0 Å². The Morgan fingerprint density at radius 3 is 2.52 bits per heavy atom. The van der Waals surface area contributed by atoms with Gasteiger partial charge in [0.25, 0.3) is 0 Å². The standard InChI is InChI=1S/C20H10N4O/c21-11-22-18-13-4-1-2-5-14(13)19-20(18)23-15-8-7-12(10-16(15)24-19)17-6-3-9-25-17/h1-10H/b22-18+. The Morgan fingerprint density at radius 1 is 0.880 bits per heavy atom. The van der Waals surface area contributed by atoms with Gasteiger partial charge in [-0.05, 0) is 30.3 Å². The quantitative estimate of drug-likeness (QED) is 0.434. The maximum absolute atomic E-state index is 9.04. The van der Waals surface area contributed by atoms with Crippen LogP contribution in [0.1, 0.15) is 11.3 Å². The molecule has 0 aliphatic heterocycles. The molecule has 5 heteroatoms. The van der Waals surface area contributed by atoms with Crippen LogP contribution in [-0.2, 0) is 0 Å². The van der Waals surface area contributed by atoms with Crippen molar-refractivity contribution in [2.45, 2.75) is 0 Å². The first-order valence-electron chi connectivity index (χ1n) is 7.78. The van der Waals surface area contributed by atoms with Crippen molar-refractivity contribution < 1.29 is 4.42 Å². The molecule has 4 aromatic rings. The number of nitriles is 1. The lowest BCUT2D eigenvalue weighted by Gasteiger charge is -2.04. The van der Waals surface area contributed by atoms with Gasteiger partial charge in [-0.25, -0.2) is 9.97 Å². The lowest BCUT2D eigenvalue weighted by atomic mass is 10.1. The number of rotatable bonds is 1. The van der Waals surface area contributed by atoms with Gasteiger partial charge >= 0.3 is 0 Å². The maximum Gasteiger partial charge on any atom is 0.206 e. The SMILES string of the molecule is N#C/N=C1\c2ccccc2-c2nc3cc(-c4ccco4)ccc3nc21. The summed E-state index contributed by atoms with van der Waals surface area (Å²) in [5.74, 6) is 0.788. The Bertz CT molecular complexity index is 1200. The molecule has 0 N–H and O–H groups in total. The molecule has 0 saturated heterocycles. The summed E-state index contributed by atoms with van der Waals surface area (Å²) in [6, 6.07) is 17.4. The third kappa shape index (κ3) is 1.98. The normalized spacial score (nSPS) is 13.6. The second-order valence-electron chi connectivity index (χ2n) is 5.71. The number of furan rings is 1. The largest absolute Gasteiger partial charge is 0.464 e. The van der Waals surface area contributed by atoms with Gasteiger partial charge in [-0.15, -0.1) is 0 Å². The van der Waals surface area contributed by atoms with Crippen LogP contribution in [0.15, 0.2) is 70.3 Å². The summed E-state index contributed by atoms with van der Waals surface area (Å²) in [6.45, 7) is 0. The highest BCUT2D eigenvalue weighted by atomic mass is 16.3. The molecule has 0 fully saturated rings. The van der Waals surface area contributed by atoms with Crippen molar-refractivity contribution in [1.82, 2.24) is 9.97 Å². The Balaban J connectivity index is 1.79. The second kappa shape index (κ2) is 5.11. The highest BCUT2D eigenvalue weighted by Crippen LogP contribution is 2.36. The van der Waals surface area contributed by atoms with Crippen LogP contribution in [0.25, 0.3) is 33.6 Å². The maximum atomic E-state index is 9.04. The van der Waals surface area contributed by atoms with Crippen molar-refractivity contribution in [3.63, 3.8) is 0 Å². The van der Waals surface area contributed by atoms with Gasteiger partial charge in [0.05, 0.1) is 23.0 Å². The van der Waals surface area contributed by atoms with E-state index in [1.54, 1.807) is 6.26 Å². The monoisotopic (exact) mass is 322 g/mol. The van der Waals surface area contributed by atoms with E-state index >= 15 is 0 Å². The second-order valence-corrected chi connectivity index (χ2v) is 5.71. The highest BCUT2D eigenvalue weighted by Gasteiger charge is 2.28. The van der Waals surface area contributed by atoms with Crippen molar-refractivity contribution >= 4 is 16.7 Å². The summed E-state index contributed by atoms with van der Waals surface area (Å²) in [6.07, 6.45) is 3.52. The highest BCUT2D eigenvalue weighted by molar-refractivity contribution is 6.23. The minimum Gasteiger partial charge on any atom is -0.464 e. The summed E-state index contributed by atoms with van der Waals surface area (Å²) >= 11 is 0. The molecule has 25 heavy (non-hydrogen) atoms. The van der Waals surface area contributed by atoms with E-state index in [1.807, 2.05) is 60.8 Å². The summed E-state index contributed by atoms with van der Waals surface area (Å²) in [5.41, 5.74) is 6.31. The third-order valence-electron chi connectivity index (χ3n) is 4.29. The van der Waals surface area contributed by atoms with Gasteiger partial charge < -0.3 is 4.42 Å². The Morgan fingerprint density at radius 2 is 1.72 bits per heavy atom. The zero-order valence-corrected chi connectivity index (χ0v) is 13.0. The molecular weight excluding hydrogens is 312 g/mol. The molecular formula is C20H10N4O. The molecule has 5 nitrogen and oxygen atoms in total. The number of aromatic nitrogens is 2. The topological polar surface area (TPSA) is 75.1 Å². The molecule has 2 aromatic carbocycles. The first-order valence-corrected chi connectivity index (χ1v) is 7.78. The molecule has 2 aromatic heterocycles. The number of aliphatic imine (C=N–C) groups is 1. The molecule has 1 aliphatic rings. The van der Waals surface area contributed by atoms with Gasteiger partial charge in [-0.3, -0.25) is 0 Å². The molecule has 0 atom stereocenters. The van der Waals surface area contributed by atoms with E-state index in [2.05, 4.69) is 4.99 Å².